The van der Waals surface area contributed by atoms with Crippen molar-refractivity contribution in [2.24, 2.45) is 82.9 Å². The Balaban J connectivity index is 4.88. The maximum absolute atomic E-state index is 6.76. The van der Waals surface area contributed by atoms with Gasteiger partial charge in [0.2, 0.25) is 0 Å². The number of alkyl halides is 2. The van der Waals surface area contributed by atoms with Crippen LogP contribution in [0.4, 0.5) is 0 Å². The zero-order chi connectivity index (χ0) is 50.6. The van der Waals surface area contributed by atoms with Crippen LogP contribution in [0, 0.1) is 82.9 Å². The Kier molecular flexibility index (Phi) is 43.8. The first-order valence-electron chi connectivity index (χ1n) is 29.8. The van der Waals surface area contributed by atoms with Crippen LogP contribution in [0.15, 0.2) is 0 Å². The maximum Gasteiger partial charge on any atom is 0.160 e. The third-order valence-electron chi connectivity index (χ3n) is 15.5. The summed E-state index contributed by atoms with van der Waals surface area (Å²) in [5.41, 5.74) is 0. The lowest BCUT2D eigenvalue weighted by molar-refractivity contribution is -0.250. The van der Waals surface area contributed by atoms with Crippen molar-refractivity contribution in [1.82, 2.24) is 0 Å². The Morgan fingerprint density at radius 1 is 0.269 bits per heavy atom. The monoisotopic (exact) mass is 1070 g/mol. The molecule has 404 valence electrons. The molecule has 0 saturated heterocycles. The fraction of sp³-hybridized carbons (Fsp3) is 1.00. The lowest BCUT2D eigenvalue weighted by Crippen LogP contribution is -2.28. The van der Waals surface area contributed by atoms with Gasteiger partial charge in [-0.2, -0.15) is 0 Å². The fourth-order valence-electron chi connectivity index (χ4n) is 13.1. The Morgan fingerprint density at radius 2 is 0.478 bits per heavy atom. The van der Waals surface area contributed by atoms with Crippen LogP contribution in [-0.4, -0.2) is 36.5 Å². The maximum atomic E-state index is 6.76. The first kappa shape index (κ1) is 67.8. The molecule has 0 rings (SSSR count). The number of hydrogen-bond donors (Lipinski definition) is 0. The van der Waals surface area contributed by atoms with Crippen molar-refractivity contribution < 1.29 is 14.2 Å². The van der Waals surface area contributed by atoms with E-state index in [9.17, 15) is 0 Å². The van der Waals surface area contributed by atoms with E-state index in [1.54, 1.807) is 0 Å². The molecule has 16 unspecified atom stereocenters. The van der Waals surface area contributed by atoms with Gasteiger partial charge in [-0.3, -0.25) is 0 Å². The van der Waals surface area contributed by atoms with Crippen LogP contribution in [0.3, 0.4) is 0 Å². The molecule has 0 aliphatic heterocycles. The van der Waals surface area contributed by atoms with Gasteiger partial charge in [-0.05, 0) is 224 Å². The van der Waals surface area contributed by atoms with Crippen LogP contribution in [-0.2, 0) is 14.2 Å². The summed E-state index contributed by atoms with van der Waals surface area (Å²) in [5.74, 6) is 11.4. The largest absolute Gasteiger partial charge is 0.353 e. The molecule has 0 heterocycles. The van der Waals surface area contributed by atoms with Crippen LogP contribution in [0.25, 0.3) is 0 Å². The van der Waals surface area contributed by atoms with Crippen LogP contribution >= 0.6 is 31.9 Å². The molecule has 0 amide bonds. The third-order valence-corrected chi connectivity index (χ3v) is 16.6. The Hall–Kier alpha value is 0.840. The quantitative estimate of drug-likeness (QED) is 0.0345. The Labute approximate surface area is 440 Å². The van der Waals surface area contributed by atoms with E-state index in [0.29, 0.717) is 0 Å². The van der Waals surface area contributed by atoms with Crippen LogP contribution in [0.5, 0.6) is 0 Å². The summed E-state index contributed by atoms with van der Waals surface area (Å²) in [7, 11) is 0. The molecule has 0 aliphatic carbocycles. The molecular formula is C62H124Br2O3. The highest BCUT2D eigenvalue weighted by atomic mass is 79.9. The minimum absolute atomic E-state index is 0.164. The molecule has 67 heavy (non-hydrogen) atoms. The molecule has 0 N–H and O–H groups in total. The van der Waals surface area contributed by atoms with E-state index in [1.807, 2.05) is 0 Å². The summed E-state index contributed by atoms with van der Waals surface area (Å²) >= 11 is 7.22. The number of unbranched alkanes of at least 4 members (excludes halogenated alkanes) is 2. The molecule has 5 heteroatoms. The number of ether oxygens (including phenoxy) is 3. The van der Waals surface area contributed by atoms with Gasteiger partial charge in [0.15, 0.2) is 12.6 Å². The van der Waals surface area contributed by atoms with Crippen molar-refractivity contribution in [3.8, 4) is 0 Å². The molecule has 0 spiro atoms. The summed E-state index contributed by atoms with van der Waals surface area (Å²) in [4.78, 5) is 0. The topological polar surface area (TPSA) is 27.7 Å². The van der Waals surface area contributed by atoms with E-state index in [2.05, 4.69) is 143 Å². The van der Waals surface area contributed by atoms with Gasteiger partial charge in [-0.15, -0.1) is 0 Å². The molecular weight excluding hydrogens is 952 g/mol. The second-order valence-corrected chi connectivity index (χ2v) is 26.9. The van der Waals surface area contributed by atoms with Crippen molar-refractivity contribution >= 4 is 31.9 Å². The van der Waals surface area contributed by atoms with Crippen LogP contribution in [0.2, 0.25) is 0 Å². The van der Waals surface area contributed by atoms with Gasteiger partial charge >= 0.3 is 0 Å². The Bertz CT molecular complexity index is 978. The molecule has 0 aliphatic rings. The summed E-state index contributed by atoms with van der Waals surface area (Å²) in [6.45, 7) is 41.1. The fourth-order valence-corrected chi connectivity index (χ4v) is 13.7. The SMILES string of the molecule is CCCCOC(CCCC(C)CC(C)CC(C)CC(C)CC(C)CC(C)CC(C)CCCBr)OC(CCCC(C)CC(C)CC(C)CC(C)CC(C)CC(C)CC(C)CCCBr)OCCCC. The Morgan fingerprint density at radius 3 is 0.687 bits per heavy atom. The second kappa shape index (κ2) is 43.3. The lowest BCUT2D eigenvalue weighted by Gasteiger charge is -2.27. The van der Waals surface area contributed by atoms with Crippen LogP contribution < -0.4 is 0 Å². The van der Waals surface area contributed by atoms with E-state index < -0.39 is 0 Å². The first-order chi connectivity index (χ1) is 31.8. The van der Waals surface area contributed by atoms with Crippen molar-refractivity contribution in [2.75, 3.05) is 23.9 Å². The van der Waals surface area contributed by atoms with Gasteiger partial charge in [-0.25, -0.2) is 0 Å². The normalized spacial score (nSPS) is 19.6. The lowest BCUT2D eigenvalue weighted by atomic mass is 9.80. The second-order valence-electron chi connectivity index (χ2n) is 25.3. The average molecular weight is 1080 g/mol. The number of halogens is 2. The van der Waals surface area contributed by atoms with Crippen molar-refractivity contribution in [3.63, 3.8) is 0 Å². The van der Waals surface area contributed by atoms with Gasteiger partial charge in [0.05, 0.1) is 0 Å². The van der Waals surface area contributed by atoms with Gasteiger partial charge in [0, 0.05) is 23.9 Å². The summed E-state index contributed by atoms with van der Waals surface area (Å²) in [6.07, 6.45) is 32.7. The predicted molar refractivity (Wildman–Crippen MR) is 308 cm³/mol. The number of hydrogen-bond acceptors (Lipinski definition) is 3. The molecule has 16 atom stereocenters. The van der Waals surface area contributed by atoms with Gasteiger partial charge < -0.3 is 14.2 Å². The zero-order valence-corrected chi connectivity index (χ0v) is 51.6. The average Bonchev–Trinajstić information content (AvgIpc) is 3.21. The molecule has 3 nitrogen and oxygen atoms in total. The molecule has 0 radical (unpaired) electrons. The minimum atomic E-state index is -0.164. The highest BCUT2D eigenvalue weighted by molar-refractivity contribution is 9.09. The van der Waals surface area contributed by atoms with Crippen molar-refractivity contribution in [2.45, 2.75) is 290 Å². The summed E-state index contributed by atoms with van der Waals surface area (Å²) in [6, 6.07) is 0. The smallest absolute Gasteiger partial charge is 0.160 e. The van der Waals surface area contributed by atoms with Crippen LogP contribution in [0.1, 0.15) is 278 Å². The molecule has 0 saturated carbocycles. The first-order valence-corrected chi connectivity index (χ1v) is 32.0. The van der Waals surface area contributed by atoms with E-state index in [4.69, 9.17) is 14.2 Å². The molecule has 0 aromatic carbocycles. The van der Waals surface area contributed by atoms with Gasteiger partial charge in [0.25, 0.3) is 0 Å². The van der Waals surface area contributed by atoms with E-state index in [0.717, 1.165) is 158 Å². The van der Waals surface area contributed by atoms with E-state index in [-0.39, 0.29) is 12.6 Å². The van der Waals surface area contributed by atoms with Gasteiger partial charge in [-0.1, -0.05) is 168 Å². The van der Waals surface area contributed by atoms with Gasteiger partial charge in [0.1, 0.15) is 0 Å². The highest BCUT2D eigenvalue weighted by Gasteiger charge is 2.23. The van der Waals surface area contributed by atoms with Crippen molar-refractivity contribution in [3.05, 3.63) is 0 Å². The summed E-state index contributed by atoms with van der Waals surface area (Å²) in [5, 5.41) is 2.29. The van der Waals surface area contributed by atoms with Crippen molar-refractivity contribution in [1.29, 1.82) is 0 Å². The highest BCUT2D eigenvalue weighted by Crippen LogP contribution is 2.33. The third kappa shape index (κ3) is 40.9. The standard InChI is InChI=1S/C62H124Br2O3/c1-17-19-33-65-61(29-21-25-47(3)35-51(7)39-55(11)43-59(15)45-57(13)41-53(9)37-49(5)27-23-31-63)67-62(66-34-20-18-2)30-22-26-48(4)36-52(8)40-56(12)44-60(16)46-58(14)42-54(10)38-50(6)28-24-32-64/h47-62H,17-46H2,1-16H3. The number of rotatable bonds is 48. The molecule has 0 bridgehead atoms. The molecule has 0 fully saturated rings. The molecule has 0 aromatic rings. The van der Waals surface area contributed by atoms with E-state index >= 15 is 0 Å². The minimum Gasteiger partial charge on any atom is -0.353 e. The predicted octanol–water partition coefficient (Wildman–Crippen LogP) is 21.6. The zero-order valence-electron chi connectivity index (χ0n) is 48.4. The van der Waals surface area contributed by atoms with E-state index in [1.165, 1.54) is 116 Å². The summed E-state index contributed by atoms with van der Waals surface area (Å²) < 4.78 is 19.7. The molecule has 0 aromatic heterocycles.